The monoisotopic (exact) mass is 325 g/mol. The van der Waals surface area contributed by atoms with Gasteiger partial charge in [-0.1, -0.05) is 6.07 Å². The number of carbonyl (C=O) groups is 1. The van der Waals surface area contributed by atoms with Gasteiger partial charge in [0.25, 0.3) is 0 Å². The summed E-state index contributed by atoms with van der Waals surface area (Å²) in [5.41, 5.74) is 0.451. The van der Waals surface area contributed by atoms with Crippen molar-refractivity contribution in [2.75, 3.05) is 13.7 Å². The van der Waals surface area contributed by atoms with Crippen molar-refractivity contribution in [3.8, 4) is 5.69 Å². The quantitative estimate of drug-likeness (QED) is 0.861. The van der Waals surface area contributed by atoms with E-state index >= 15 is 0 Å². The van der Waals surface area contributed by atoms with Crippen molar-refractivity contribution >= 4 is 5.97 Å². The van der Waals surface area contributed by atoms with Crippen molar-refractivity contribution in [3.63, 3.8) is 0 Å². The number of nitrogens with zero attached hydrogens (tertiary/aromatic N) is 2. The van der Waals surface area contributed by atoms with Gasteiger partial charge >= 0.3 is 12.1 Å². The van der Waals surface area contributed by atoms with Crippen LogP contribution in [-0.2, 0) is 23.9 Å². The summed E-state index contributed by atoms with van der Waals surface area (Å²) in [4.78, 5) is 11.6. The van der Waals surface area contributed by atoms with E-state index in [2.05, 4.69) is 15.2 Å². The molecule has 0 radical (unpaired) electrons. The van der Waals surface area contributed by atoms with Crippen LogP contribution in [0.5, 0.6) is 0 Å². The summed E-state index contributed by atoms with van der Waals surface area (Å²) in [7, 11) is 1.25. The minimum atomic E-state index is -4.52. The first kappa shape index (κ1) is 15.5. The van der Waals surface area contributed by atoms with Gasteiger partial charge in [-0.2, -0.15) is 18.3 Å². The number of fused-ring (bicyclic) bond motifs is 1. The van der Waals surface area contributed by atoms with E-state index in [0.717, 1.165) is 0 Å². The van der Waals surface area contributed by atoms with Gasteiger partial charge in [-0.3, -0.25) is 0 Å². The Morgan fingerprint density at radius 1 is 1.39 bits per heavy atom. The second-order valence-corrected chi connectivity index (χ2v) is 5.15. The Balaban J connectivity index is 2.14. The van der Waals surface area contributed by atoms with Gasteiger partial charge in [-0.05, 0) is 18.2 Å². The topological polar surface area (TPSA) is 56.2 Å². The molecule has 0 aliphatic carbocycles. The van der Waals surface area contributed by atoms with Gasteiger partial charge in [0.15, 0.2) is 5.69 Å². The molecule has 3 rings (SSSR count). The molecule has 5 nitrogen and oxygen atoms in total. The minimum Gasteiger partial charge on any atom is -0.465 e. The first-order valence-corrected chi connectivity index (χ1v) is 6.99. The number of benzene rings is 1. The van der Waals surface area contributed by atoms with Gasteiger partial charge in [-0.25, -0.2) is 9.48 Å². The average Bonchev–Trinajstić information content (AvgIpc) is 2.94. The van der Waals surface area contributed by atoms with Gasteiger partial charge in [0.05, 0.1) is 24.1 Å². The second-order valence-electron chi connectivity index (χ2n) is 5.15. The Morgan fingerprint density at radius 3 is 2.87 bits per heavy atom. The van der Waals surface area contributed by atoms with Crippen molar-refractivity contribution in [3.05, 3.63) is 46.8 Å². The number of carbonyl (C=O) groups excluding carboxylic acids is 1. The summed E-state index contributed by atoms with van der Waals surface area (Å²) in [5.74, 6) is -0.550. The molecule has 23 heavy (non-hydrogen) atoms. The van der Waals surface area contributed by atoms with Crippen LogP contribution < -0.4 is 5.32 Å². The molecule has 0 saturated carbocycles. The van der Waals surface area contributed by atoms with Crippen LogP contribution in [-0.4, -0.2) is 29.4 Å². The Morgan fingerprint density at radius 2 is 2.17 bits per heavy atom. The van der Waals surface area contributed by atoms with Crippen molar-refractivity contribution in [1.29, 1.82) is 0 Å². The minimum absolute atomic E-state index is 0.126. The smallest absolute Gasteiger partial charge is 0.435 e. The normalized spacial score (nSPS) is 14.4. The highest BCUT2D eigenvalue weighted by atomic mass is 19.4. The molecule has 1 aromatic carbocycles. The Labute approximate surface area is 130 Å². The third-order valence-corrected chi connectivity index (χ3v) is 3.71. The Kier molecular flexibility index (Phi) is 3.85. The van der Waals surface area contributed by atoms with E-state index in [1.807, 2.05) is 0 Å². The molecule has 1 aromatic heterocycles. The van der Waals surface area contributed by atoms with Crippen LogP contribution in [0.25, 0.3) is 5.69 Å². The van der Waals surface area contributed by atoms with E-state index in [9.17, 15) is 18.0 Å². The van der Waals surface area contributed by atoms with Gasteiger partial charge in [0.2, 0.25) is 0 Å². The fraction of sp³-hybridized carbons (Fsp3) is 0.333. The van der Waals surface area contributed by atoms with E-state index in [1.54, 1.807) is 12.1 Å². The number of nitrogens with one attached hydrogen (secondary N) is 1. The molecule has 0 saturated heterocycles. The van der Waals surface area contributed by atoms with Gasteiger partial charge in [0, 0.05) is 25.1 Å². The second kappa shape index (κ2) is 5.69. The lowest BCUT2D eigenvalue weighted by Crippen LogP contribution is -2.25. The fourth-order valence-electron chi connectivity index (χ4n) is 2.67. The molecule has 1 aliphatic rings. The molecule has 122 valence electrons. The molecule has 0 unspecified atom stereocenters. The van der Waals surface area contributed by atoms with Crippen LogP contribution in [0.4, 0.5) is 13.2 Å². The molecule has 0 atom stereocenters. The number of hydrogen-bond acceptors (Lipinski definition) is 4. The summed E-state index contributed by atoms with van der Waals surface area (Å²) in [5, 5.41) is 6.69. The zero-order valence-corrected chi connectivity index (χ0v) is 12.3. The average molecular weight is 325 g/mol. The Hall–Kier alpha value is -2.35. The number of halogens is 3. The number of ether oxygens (including phenoxy) is 1. The number of hydrogen-bond donors (Lipinski definition) is 1. The lowest BCUT2D eigenvalue weighted by molar-refractivity contribution is -0.142. The molecule has 0 amide bonds. The van der Waals surface area contributed by atoms with Crippen LogP contribution in [0.3, 0.4) is 0 Å². The van der Waals surface area contributed by atoms with Crippen LogP contribution >= 0.6 is 0 Å². The third-order valence-electron chi connectivity index (χ3n) is 3.71. The number of esters is 1. The molecule has 0 bridgehead atoms. The Bertz CT molecular complexity index is 753. The van der Waals surface area contributed by atoms with E-state index in [0.29, 0.717) is 24.3 Å². The fourth-order valence-corrected chi connectivity index (χ4v) is 2.67. The van der Waals surface area contributed by atoms with Crippen molar-refractivity contribution in [2.24, 2.45) is 0 Å². The molecule has 0 spiro atoms. The number of methoxy groups -OCH3 is 1. The van der Waals surface area contributed by atoms with Crippen LogP contribution in [0, 0.1) is 0 Å². The lowest BCUT2D eigenvalue weighted by Gasteiger charge is -2.16. The summed E-state index contributed by atoms with van der Waals surface area (Å²) in [6.07, 6.45) is -4.09. The first-order chi connectivity index (χ1) is 10.9. The summed E-state index contributed by atoms with van der Waals surface area (Å²) >= 11 is 0. The van der Waals surface area contributed by atoms with Crippen LogP contribution in [0.1, 0.15) is 27.3 Å². The zero-order valence-electron chi connectivity index (χ0n) is 12.3. The number of aromatic nitrogens is 2. The largest absolute Gasteiger partial charge is 0.465 e. The van der Waals surface area contributed by atoms with Crippen LogP contribution in [0.15, 0.2) is 24.3 Å². The molecular weight excluding hydrogens is 311 g/mol. The summed E-state index contributed by atoms with van der Waals surface area (Å²) in [6.45, 7) is 0.702. The maximum Gasteiger partial charge on any atom is 0.435 e. The van der Waals surface area contributed by atoms with E-state index in [4.69, 9.17) is 0 Å². The highest BCUT2D eigenvalue weighted by Crippen LogP contribution is 2.34. The third kappa shape index (κ3) is 2.81. The molecule has 0 fully saturated rings. The summed E-state index contributed by atoms with van der Waals surface area (Å²) in [6, 6.07) is 6.21. The van der Waals surface area contributed by atoms with E-state index in [1.165, 1.54) is 23.9 Å². The molecule has 8 heteroatoms. The SMILES string of the molecule is COC(=O)c1cccc(-n2nc(C(F)(F)F)c3c2CCNC3)c1. The van der Waals surface area contributed by atoms with Gasteiger partial charge in [-0.15, -0.1) is 0 Å². The standard InChI is InChI=1S/C15H14F3N3O2/c1-23-14(22)9-3-2-4-10(7-9)21-12-5-6-19-8-11(12)13(20-21)15(16,17)18/h2-4,7,19H,5-6,8H2,1H3. The highest BCUT2D eigenvalue weighted by Gasteiger charge is 2.39. The van der Waals surface area contributed by atoms with Crippen molar-refractivity contribution in [1.82, 2.24) is 15.1 Å². The summed E-state index contributed by atoms with van der Waals surface area (Å²) < 4.78 is 45.5. The number of rotatable bonds is 2. The molecule has 1 N–H and O–H groups in total. The molecule has 2 aromatic rings. The van der Waals surface area contributed by atoms with Crippen molar-refractivity contribution in [2.45, 2.75) is 19.1 Å². The molecule has 1 aliphatic heterocycles. The van der Waals surface area contributed by atoms with Gasteiger partial charge < -0.3 is 10.1 Å². The van der Waals surface area contributed by atoms with E-state index in [-0.39, 0.29) is 17.7 Å². The first-order valence-electron chi connectivity index (χ1n) is 6.99. The zero-order chi connectivity index (χ0) is 16.6. The van der Waals surface area contributed by atoms with Gasteiger partial charge in [0.1, 0.15) is 0 Å². The molecule has 2 heterocycles. The maximum atomic E-state index is 13.2. The van der Waals surface area contributed by atoms with Crippen LogP contribution in [0.2, 0.25) is 0 Å². The molecular formula is C15H14F3N3O2. The predicted molar refractivity (Wildman–Crippen MR) is 75.3 cm³/mol. The van der Waals surface area contributed by atoms with Crippen molar-refractivity contribution < 1.29 is 22.7 Å². The lowest BCUT2D eigenvalue weighted by atomic mass is 10.1. The van der Waals surface area contributed by atoms with E-state index < -0.39 is 17.8 Å². The maximum absolute atomic E-state index is 13.2. The highest BCUT2D eigenvalue weighted by molar-refractivity contribution is 5.89. The number of alkyl halides is 3. The predicted octanol–water partition coefficient (Wildman–Crippen LogP) is 2.32.